The Hall–Kier alpha value is -3.16. The van der Waals surface area contributed by atoms with Crippen LogP contribution in [0.2, 0.25) is 0 Å². The lowest BCUT2D eigenvalue weighted by atomic mass is 9.89. The number of benzene rings is 2. The minimum Gasteiger partial charge on any atom is -0.465 e. The van der Waals surface area contributed by atoms with E-state index in [4.69, 9.17) is 11.6 Å². The molecule has 0 aromatic heterocycles. The van der Waals surface area contributed by atoms with Crippen molar-refractivity contribution in [2.45, 2.75) is 50.5 Å². The number of anilines is 1. The van der Waals surface area contributed by atoms with E-state index in [1.807, 2.05) is 0 Å². The molecule has 0 spiro atoms. The molecule has 2 unspecified atom stereocenters. The molecule has 1 N–H and O–H groups in total. The first-order chi connectivity index (χ1) is 16.8. The summed E-state index contributed by atoms with van der Waals surface area (Å²) >= 11 is 5.62. The second kappa shape index (κ2) is 9.62. The van der Waals surface area contributed by atoms with Gasteiger partial charge < -0.3 is 10.0 Å². The summed E-state index contributed by atoms with van der Waals surface area (Å²) in [6, 6.07) is 0.304. The van der Waals surface area contributed by atoms with Crippen LogP contribution in [0, 0.1) is 0 Å². The second-order valence-corrected chi connectivity index (χ2v) is 8.64. The van der Waals surface area contributed by atoms with E-state index >= 15 is 0 Å². The van der Waals surface area contributed by atoms with Crippen LogP contribution < -0.4 is 4.90 Å². The molecule has 0 bridgehead atoms. The summed E-state index contributed by atoms with van der Waals surface area (Å²) in [5, 5.41) is 8.17. The Balaban J connectivity index is 2.16. The van der Waals surface area contributed by atoms with Gasteiger partial charge in [-0.05, 0) is 72.5 Å². The number of hydrogen-bond acceptors (Lipinski definition) is 2. The summed E-state index contributed by atoms with van der Waals surface area (Å²) < 4.78 is 120. The third-order valence-corrected chi connectivity index (χ3v) is 6.00. The molecular formula is C22H16ClF9N2O3. The van der Waals surface area contributed by atoms with Crippen LogP contribution >= 0.6 is 11.6 Å². The van der Waals surface area contributed by atoms with E-state index in [2.05, 4.69) is 0 Å². The van der Waals surface area contributed by atoms with Crippen molar-refractivity contribution in [1.82, 2.24) is 4.90 Å². The zero-order valence-electron chi connectivity index (χ0n) is 18.5. The van der Waals surface area contributed by atoms with Crippen LogP contribution in [0.3, 0.4) is 0 Å². The van der Waals surface area contributed by atoms with Crippen molar-refractivity contribution >= 4 is 28.7 Å². The standard InChI is InChI=1S/C22H16ClF9N2O3/c1-10-4-17(15-8-12(20(24,25)26)2-3-16(15)34(10)19(36)37)33(18(23)35)9-11-5-13(21(27,28)29)7-14(6-11)22(30,31)32/h2-3,5-8,10,17H,4,9H2,1H3,(H,36,37). The monoisotopic (exact) mass is 562 g/mol. The van der Waals surface area contributed by atoms with Gasteiger partial charge in [0.15, 0.2) is 0 Å². The first kappa shape index (κ1) is 28.4. The predicted octanol–water partition coefficient (Wildman–Crippen LogP) is 7.92. The molecule has 1 aliphatic rings. The Morgan fingerprint density at radius 3 is 1.86 bits per heavy atom. The highest BCUT2D eigenvalue weighted by Crippen LogP contribution is 2.45. The number of fused-ring (bicyclic) bond motifs is 1. The third-order valence-electron chi connectivity index (χ3n) is 5.79. The first-order valence-electron chi connectivity index (χ1n) is 10.3. The molecule has 37 heavy (non-hydrogen) atoms. The number of rotatable bonds is 3. The number of carboxylic acid groups (broad SMARTS) is 1. The van der Waals surface area contributed by atoms with E-state index in [0.717, 1.165) is 11.0 Å². The molecule has 5 nitrogen and oxygen atoms in total. The fourth-order valence-corrected chi connectivity index (χ4v) is 4.38. The smallest absolute Gasteiger partial charge is 0.416 e. The van der Waals surface area contributed by atoms with Crippen LogP contribution in [0.5, 0.6) is 0 Å². The van der Waals surface area contributed by atoms with Gasteiger partial charge in [-0.1, -0.05) is 0 Å². The van der Waals surface area contributed by atoms with Crippen LogP contribution in [0.4, 0.5) is 54.8 Å². The number of hydrogen-bond donors (Lipinski definition) is 1. The zero-order chi connectivity index (χ0) is 28.1. The Labute approximate surface area is 208 Å². The van der Waals surface area contributed by atoms with E-state index < -0.39 is 70.9 Å². The average molecular weight is 563 g/mol. The maximum Gasteiger partial charge on any atom is 0.416 e. The highest BCUT2D eigenvalue weighted by Gasteiger charge is 2.41. The lowest BCUT2D eigenvalue weighted by Gasteiger charge is -2.42. The van der Waals surface area contributed by atoms with Gasteiger partial charge in [-0.2, -0.15) is 39.5 Å². The summed E-state index contributed by atoms with van der Waals surface area (Å²) in [5.41, 5.74) is -5.75. The summed E-state index contributed by atoms with van der Waals surface area (Å²) in [7, 11) is 0. The van der Waals surface area contributed by atoms with Gasteiger partial charge in [0.25, 0.3) is 0 Å². The topological polar surface area (TPSA) is 60.9 Å². The third kappa shape index (κ3) is 6.05. The fourth-order valence-electron chi connectivity index (χ4n) is 4.20. The minimum atomic E-state index is -5.18. The molecule has 3 rings (SSSR count). The summed E-state index contributed by atoms with van der Waals surface area (Å²) in [6.07, 6.45) is -17.1. The lowest BCUT2D eigenvalue weighted by molar-refractivity contribution is -0.143. The number of amides is 2. The van der Waals surface area contributed by atoms with E-state index in [-0.39, 0.29) is 23.7 Å². The van der Waals surface area contributed by atoms with E-state index in [1.54, 1.807) is 0 Å². The second-order valence-electron chi connectivity index (χ2n) is 8.32. The minimum absolute atomic E-state index is 0.116. The molecule has 0 saturated carbocycles. The quantitative estimate of drug-likeness (QED) is 0.235. The Bertz CT molecular complexity index is 1180. The van der Waals surface area contributed by atoms with Gasteiger partial charge in [0.05, 0.1) is 28.4 Å². The Morgan fingerprint density at radius 1 is 0.919 bits per heavy atom. The van der Waals surface area contributed by atoms with Crippen LogP contribution in [-0.4, -0.2) is 27.5 Å². The molecule has 0 aliphatic carbocycles. The van der Waals surface area contributed by atoms with Gasteiger partial charge in [-0.15, -0.1) is 0 Å². The molecule has 0 fully saturated rings. The first-order valence-corrected chi connectivity index (χ1v) is 10.7. The van der Waals surface area contributed by atoms with Crippen molar-refractivity contribution in [3.8, 4) is 0 Å². The predicted molar refractivity (Wildman–Crippen MR) is 112 cm³/mol. The molecule has 0 saturated heterocycles. The van der Waals surface area contributed by atoms with Crippen molar-refractivity contribution in [3.63, 3.8) is 0 Å². The van der Waals surface area contributed by atoms with E-state index in [0.29, 0.717) is 29.2 Å². The van der Waals surface area contributed by atoms with Crippen molar-refractivity contribution in [2.24, 2.45) is 0 Å². The normalized spacial score (nSPS) is 18.4. The summed E-state index contributed by atoms with van der Waals surface area (Å²) in [4.78, 5) is 25.4. The molecule has 2 amide bonds. The van der Waals surface area contributed by atoms with Crippen molar-refractivity contribution < 1.29 is 54.2 Å². The molecular weight excluding hydrogens is 547 g/mol. The number of alkyl halides is 9. The van der Waals surface area contributed by atoms with Gasteiger partial charge in [0.1, 0.15) is 0 Å². The van der Waals surface area contributed by atoms with Gasteiger partial charge in [0, 0.05) is 12.6 Å². The van der Waals surface area contributed by atoms with Crippen molar-refractivity contribution in [3.05, 3.63) is 64.2 Å². The number of carbonyl (C=O) groups is 2. The van der Waals surface area contributed by atoms with Crippen LogP contribution in [0.25, 0.3) is 0 Å². The molecule has 202 valence electrons. The average Bonchev–Trinajstić information content (AvgIpc) is 2.74. The maximum atomic E-state index is 13.4. The van der Waals surface area contributed by atoms with Crippen LogP contribution in [0.15, 0.2) is 36.4 Å². The summed E-state index contributed by atoms with van der Waals surface area (Å²) in [6.45, 7) is 0.431. The van der Waals surface area contributed by atoms with Crippen molar-refractivity contribution in [1.29, 1.82) is 0 Å². The Kier molecular flexibility index (Phi) is 7.38. The molecule has 1 aliphatic heterocycles. The van der Waals surface area contributed by atoms with Gasteiger partial charge in [0.2, 0.25) is 0 Å². The molecule has 15 heteroatoms. The molecule has 1 heterocycles. The van der Waals surface area contributed by atoms with E-state index in [1.165, 1.54) is 6.92 Å². The summed E-state index contributed by atoms with van der Waals surface area (Å²) in [5.74, 6) is 0. The molecule has 2 atom stereocenters. The van der Waals surface area contributed by atoms with Gasteiger partial charge in [-0.3, -0.25) is 9.69 Å². The maximum absolute atomic E-state index is 13.4. The van der Waals surface area contributed by atoms with E-state index in [9.17, 15) is 54.2 Å². The highest BCUT2D eigenvalue weighted by atomic mass is 35.5. The van der Waals surface area contributed by atoms with Crippen LogP contribution in [0.1, 0.15) is 47.2 Å². The highest BCUT2D eigenvalue weighted by molar-refractivity contribution is 6.62. The molecule has 0 radical (unpaired) electrons. The van der Waals surface area contributed by atoms with Crippen molar-refractivity contribution in [2.75, 3.05) is 4.90 Å². The van der Waals surface area contributed by atoms with Gasteiger partial charge >= 0.3 is 30.0 Å². The number of nitrogens with zero attached hydrogens (tertiary/aromatic N) is 2. The number of carbonyl (C=O) groups excluding carboxylic acids is 1. The fraction of sp³-hybridized carbons (Fsp3) is 0.364. The SMILES string of the molecule is CC1CC(N(Cc2cc(C(F)(F)F)cc(C(F)(F)F)c2)C(=O)Cl)c2cc(C(F)(F)F)ccc2N1C(=O)O. The van der Waals surface area contributed by atoms with Gasteiger partial charge in [-0.25, -0.2) is 4.79 Å². The van der Waals surface area contributed by atoms with Crippen LogP contribution in [-0.2, 0) is 25.1 Å². The molecule has 2 aromatic carbocycles. The largest absolute Gasteiger partial charge is 0.465 e. The zero-order valence-corrected chi connectivity index (χ0v) is 19.2. The molecule has 2 aromatic rings. The Morgan fingerprint density at radius 2 is 1.43 bits per heavy atom. The number of halogens is 10. The lowest BCUT2D eigenvalue weighted by Crippen LogP contribution is -2.46.